The Morgan fingerprint density at radius 3 is 2.67 bits per heavy atom. The van der Waals surface area contributed by atoms with E-state index in [9.17, 15) is 8.42 Å². The predicted octanol–water partition coefficient (Wildman–Crippen LogP) is 4.19. The van der Waals surface area contributed by atoms with Gasteiger partial charge in [-0.2, -0.15) is 0 Å². The first-order valence-corrected chi connectivity index (χ1v) is 12.2. The minimum atomic E-state index is -3.72. The number of likely N-dealkylation sites (tertiary alicyclic amines) is 1. The largest absolute Gasteiger partial charge is 0.486 e. The highest BCUT2D eigenvalue weighted by atomic mass is 35.5. The summed E-state index contributed by atoms with van der Waals surface area (Å²) in [5.74, 6) is 1.55. The second-order valence-electron chi connectivity index (χ2n) is 7.53. The summed E-state index contributed by atoms with van der Waals surface area (Å²) in [6.07, 6.45) is 2.09. The van der Waals surface area contributed by atoms with Crippen LogP contribution >= 0.6 is 23.2 Å². The van der Waals surface area contributed by atoms with Crippen LogP contribution in [-0.4, -0.2) is 46.2 Å². The van der Waals surface area contributed by atoms with Crippen LogP contribution in [0.5, 0.6) is 11.5 Å². The minimum absolute atomic E-state index is 0.0517. The first-order chi connectivity index (χ1) is 14.3. The molecule has 0 aliphatic carbocycles. The van der Waals surface area contributed by atoms with Gasteiger partial charge in [0.15, 0.2) is 11.5 Å². The van der Waals surface area contributed by atoms with E-state index in [1.807, 2.05) is 12.1 Å². The lowest BCUT2D eigenvalue weighted by atomic mass is 10.0. The SMILES string of the molecule is Cc1cc(S(=O)(=O)NCCN2CCCC2c2ccc3c(c2)OCCO3)c(Cl)cc1Cl. The number of benzene rings is 2. The Morgan fingerprint density at radius 2 is 1.87 bits per heavy atom. The lowest BCUT2D eigenvalue weighted by Gasteiger charge is -2.26. The molecule has 162 valence electrons. The fourth-order valence-corrected chi connectivity index (χ4v) is 5.83. The van der Waals surface area contributed by atoms with Gasteiger partial charge in [0.05, 0.1) is 5.02 Å². The standard InChI is InChI=1S/C21H24Cl2N2O4S/c1-14-11-21(17(23)13-16(14)22)30(26,27)24-6-8-25-7-2-3-18(25)15-4-5-19-20(12-15)29-10-9-28-19/h4-5,11-13,18,24H,2-3,6-10H2,1H3. The second kappa shape index (κ2) is 8.93. The van der Waals surface area contributed by atoms with Crippen LogP contribution in [0.2, 0.25) is 10.0 Å². The molecule has 2 aliphatic rings. The Kier molecular flexibility index (Phi) is 6.46. The molecule has 2 aromatic rings. The first kappa shape index (κ1) is 21.7. The van der Waals surface area contributed by atoms with Gasteiger partial charge in [0.25, 0.3) is 0 Å². The summed E-state index contributed by atoms with van der Waals surface area (Å²) in [4.78, 5) is 2.35. The third-order valence-corrected chi connectivity index (χ3v) is 7.84. The monoisotopic (exact) mass is 470 g/mol. The summed E-state index contributed by atoms with van der Waals surface area (Å²) < 4.78 is 39.4. The molecule has 0 bridgehead atoms. The smallest absolute Gasteiger partial charge is 0.242 e. The highest BCUT2D eigenvalue weighted by Crippen LogP contribution is 2.38. The Balaban J connectivity index is 1.41. The quantitative estimate of drug-likeness (QED) is 0.685. The zero-order valence-corrected chi connectivity index (χ0v) is 19.0. The molecule has 1 unspecified atom stereocenters. The first-order valence-electron chi connectivity index (χ1n) is 9.94. The number of hydrogen-bond donors (Lipinski definition) is 1. The lowest BCUT2D eigenvalue weighted by molar-refractivity contribution is 0.170. The fourth-order valence-electron chi connectivity index (χ4n) is 3.98. The van der Waals surface area contributed by atoms with E-state index in [-0.39, 0.29) is 16.0 Å². The van der Waals surface area contributed by atoms with Crippen LogP contribution in [0, 0.1) is 6.92 Å². The average molecular weight is 471 g/mol. The molecule has 0 amide bonds. The van der Waals surface area contributed by atoms with Crippen molar-refractivity contribution in [3.8, 4) is 11.5 Å². The van der Waals surface area contributed by atoms with Crippen molar-refractivity contribution in [2.45, 2.75) is 30.7 Å². The van der Waals surface area contributed by atoms with Gasteiger partial charge in [0.1, 0.15) is 18.1 Å². The predicted molar refractivity (Wildman–Crippen MR) is 117 cm³/mol. The molecule has 4 rings (SSSR count). The third kappa shape index (κ3) is 4.55. The second-order valence-corrected chi connectivity index (χ2v) is 10.1. The molecule has 1 N–H and O–H groups in total. The van der Waals surface area contributed by atoms with Gasteiger partial charge in [0.2, 0.25) is 10.0 Å². The molecular formula is C21H24Cl2N2O4S. The van der Waals surface area contributed by atoms with Gasteiger partial charge in [-0.15, -0.1) is 0 Å². The number of halogens is 2. The van der Waals surface area contributed by atoms with Crippen LogP contribution in [0.25, 0.3) is 0 Å². The Morgan fingerprint density at radius 1 is 1.10 bits per heavy atom. The molecule has 1 saturated heterocycles. The number of sulfonamides is 1. The van der Waals surface area contributed by atoms with Gasteiger partial charge in [-0.3, -0.25) is 4.90 Å². The maximum Gasteiger partial charge on any atom is 0.242 e. The van der Waals surface area contributed by atoms with E-state index in [0.29, 0.717) is 36.9 Å². The zero-order chi connectivity index (χ0) is 21.3. The van der Waals surface area contributed by atoms with Crippen molar-refractivity contribution in [3.63, 3.8) is 0 Å². The molecule has 1 atom stereocenters. The normalized spacial score (nSPS) is 19.2. The van der Waals surface area contributed by atoms with E-state index >= 15 is 0 Å². The van der Waals surface area contributed by atoms with Crippen LogP contribution in [-0.2, 0) is 10.0 Å². The number of nitrogens with zero attached hydrogens (tertiary/aromatic N) is 1. The van der Waals surface area contributed by atoms with Crippen molar-refractivity contribution < 1.29 is 17.9 Å². The minimum Gasteiger partial charge on any atom is -0.486 e. The third-order valence-electron chi connectivity index (χ3n) is 5.51. The number of ether oxygens (including phenoxy) is 2. The van der Waals surface area contributed by atoms with Gasteiger partial charge in [-0.1, -0.05) is 29.3 Å². The van der Waals surface area contributed by atoms with Gasteiger partial charge in [-0.05, 0) is 61.7 Å². The van der Waals surface area contributed by atoms with Gasteiger partial charge < -0.3 is 9.47 Å². The van der Waals surface area contributed by atoms with Gasteiger partial charge in [0, 0.05) is 24.2 Å². The molecule has 0 saturated carbocycles. The summed E-state index contributed by atoms with van der Waals surface area (Å²) in [5, 5.41) is 0.562. The van der Waals surface area contributed by atoms with Crippen molar-refractivity contribution in [2.75, 3.05) is 32.8 Å². The van der Waals surface area contributed by atoms with Crippen molar-refractivity contribution in [1.29, 1.82) is 0 Å². The molecule has 0 aromatic heterocycles. The maximum absolute atomic E-state index is 12.7. The summed E-state index contributed by atoms with van der Waals surface area (Å²) in [6, 6.07) is 9.25. The van der Waals surface area contributed by atoms with Gasteiger partial charge in [-0.25, -0.2) is 13.1 Å². The molecule has 2 aromatic carbocycles. The number of fused-ring (bicyclic) bond motifs is 1. The summed E-state index contributed by atoms with van der Waals surface area (Å²) in [5.41, 5.74) is 1.83. The number of aryl methyl sites for hydroxylation is 1. The Bertz CT molecular complexity index is 1050. The van der Waals surface area contributed by atoms with E-state index in [4.69, 9.17) is 32.7 Å². The van der Waals surface area contributed by atoms with Crippen LogP contribution in [0.1, 0.15) is 30.0 Å². The van der Waals surface area contributed by atoms with Gasteiger partial charge >= 0.3 is 0 Å². The molecule has 9 heteroatoms. The van der Waals surface area contributed by atoms with Crippen LogP contribution in [0.3, 0.4) is 0 Å². The van der Waals surface area contributed by atoms with E-state index < -0.39 is 10.0 Å². The van der Waals surface area contributed by atoms with Crippen LogP contribution in [0.4, 0.5) is 0 Å². The maximum atomic E-state index is 12.7. The zero-order valence-electron chi connectivity index (χ0n) is 16.7. The highest BCUT2D eigenvalue weighted by Gasteiger charge is 2.28. The molecule has 0 radical (unpaired) electrons. The van der Waals surface area contributed by atoms with E-state index in [2.05, 4.69) is 15.7 Å². The molecule has 30 heavy (non-hydrogen) atoms. The number of nitrogens with one attached hydrogen (secondary N) is 1. The molecule has 1 fully saturated rings. The summed E-state index contributed by atoms with van der Waals surface area (Å²) >= 11 is 12.1. The van der Waals surface area contributed by atoms with Crippen LogP contribution in [0.15, 0.2) is 35.2 Å². The van der Waals surface area contributed by atoms with Crippen molar-refractivity contribution in [3.05, 3.63) is 51.5 Å². The topological polar surface area (TPSA) is 67.9 Å². The van der Waals surface area contributed by atoms with Crippen molar-refractivity contribution >= 4 is 33.2 Å². The summed E-state index contributed by atoms with van der Waals surface area (Å²) in [6.45, 7) is 4.68. The van der Waals surface area contributed by atoms with Crippen molar-refractivity contribution in [1.82, 2.24) is 9.62 Å². The van der Waals surface area contributed by atoms with Crippen molar-refractivity contribution in [2.24, 2.45) is 0 Å². The van der Waals surface area contributed by atoms with Crippen LogP contribution < -0.4 is 14.2 Å². The van der Waals surface area contributed by atoms with E-state index in [1.165, 1.54) is 12.1 Å². The Labute approximate surface area is 187 Å². The molecule has 2 heterocycles. The Hall–Kier alpha value is -1.51. The fraction of sp³-hybridized carbons (Fsp3) is 0.429. The molecular weight excluding hydrogens is 447 g/mol. The molecule has 0 spiro atoms. The number of hydrogen-bond acceptors (Lipinski definition) is 5. The number of rotatable bonds is 6. The summed E-state index contributed by atoms with van der Waals surface area (Å²) in [7, 11) is -3.72. The molecule has 2 aliphatic heterocycles. The average Bonchev–Trinajstić information content (AvgIpc) is 3.18. The highest BCUT2D eigenvalue weighted by molar-refractivity contribution is 7.89. The lowest BCUT2D eigenvalue weighted by Crippen LogP contribution is -2.35. The van der Waals surface area contributed by atoms with E-state index in [1.54, 1.807) is 6.92 Å². The molecule has 6 nitrogen and oxygen atoms in total. The van der Waals surface area contributed by atoms with E-state index in [0.717, 1.165) is 36.4 Å².